The Morgan fingerprint density at radius 2 is 2.12 bits per heavy atom. The minimum Gasteiger partial charge on any atom is -0.360 e. The number of nitrogens with one attached hydrogen (secondary N) is 3. The minimum atomic E-state index is -3.97. The molecule has 0 fully saturated rings. The second-order valence-corrected chi connectivity index (χ2v) is 7.33. The molecule has 0 saturated heterocycles. The summed E-state index contributed by atoms with van der Waals surface area (Å²) >= 11 is 9.64. The van der Waals surface area contributed by atoms with Gasteiger partial charge in [0.25, 0.3) is 10.0 Å². The van der Waals surface area contributed by atoms with E-state index in [1.165, 1.54) is 18.3 Å². The van der Waals surface area contributed by atoms with Crippen molar-refractivity contribution in [2.45, 2.75) is 4.90 Å². The number of hydrogen-bond donors (Lipinski definition) is 4. The molecule has 0 radical (unpaired) electrons. The van der Waals surface area contributed by atoms with Crippen molar-refractivity contribution in [3.63, 3.8) is 0 Å². The minimum absolute atomic E-state index is 0.00302. The second kappa shape index (κ2) is 6.40. The number of nitrogens with zero attached hydrogens (tertiary/aromatic N) is 2. The second-order valence-electron chi connectivity index (χ2n) is 5.04. The maximum atomic E-state index is 12.7. The average Bonchev–Trinajstić information content (AvgIpc) is 3.00. The van der Waals surface area contributed by atoms with Gasteiger partial charge in [0.1, 0.15) is 22.4 Å². The maximum Gasteiger partial charge on any atom is 0.264 e. The first-order chi connectivity index (χ1) is 11.9. The summed E-state index contributed by atoms with van der Waals surface area (Å²) in [5.74, 6) is 0. The van der Waals surface area contributed by atoms with Gasteiger partial charge in [-0.2, -0.15) is 5.26 Å². The lowest BCUT2D eigenvalue weighted by atomic mass is 10.00. The van der Waals surface area contributed by atoms with Gasteiger partial charge in [-0.1, -0.05) is 11.6 Å². The van der Waals surface area contributed by atoms with Crippen molar-refractivity contribution in [2.75, 3.05) is 0 Å². The van der Waals surface area contributed by atoms with Crippen LogP contribution in [0.25, 0.3) is 10.9 Å². The number of allylic oxidation sites excluding steroid dienone is 4. The third-order valence-electron chi connectivity index (χ3n) is 3.54. The summed E-state index contributed by atoms with van der Waals surface area (Å²) in [6.45, 7) is 0. The number of aromatic nitrogens is 1. The Morgan fingerprint density at radius 3 is 2.80 bits per heavy atom. The van der Waals surface area contributed by atoms with Crippen LogP contribution < -0.4 is 4.72 Å². The van der Waals surface area contributed by atoms with Crippen molar-refractivity contribution in [3.8, 4) is 6.07 Å². The molecule has 1 aliphatic rings. The predicted molar refractivity (Wildman–Crippen MR) is 99.6 cm³/mol. The van der Waals surface area contributed by atoms with E-state index in [-0.39, 0.29) is 27.6 Å². The fraction of sp³-hybridized carbons (Fsp3) is 0. The lowest BCUT2D eigenvalue weighted by Crippen LogP contribution is -2.32. The van der Waals surface area contributed by atoms with Crippen molar-refractivity contribution in [1.82, 2.24) is 9.71 Å². The maximum absolute atomic E-state index is 12.7. The normalized spacial score (nSPS) is 16.5. The number of sulfonamides is 1. The largest absolute Gasteiger partial charge is 0.360 e. The zero-order valence-corrected chi connectivity index (χ0v) is 14.9. The molecular formula is C15H10ClN5O2S2. The molecule has 0 aliphatic heterocycles. The summed E-state index contributed by atoms with van der Waals surface area (Å²) in [5.41, 5.74) is 0.460. The number of hydrogen-bond acceptors (Lipinski definition) is 6. The van der Waals surface area contributed by atoms with E-state index in [1.807, 2.05) is 6.07 Å². The van der Waals surface area contributed by atoms with Crippen LogP contribution in [0, 0.1) is 16.7 Å². The van der Waals surface area contributed by atoms with Gasteiger partial charge in [0.2, 0.25) is 0 Å². The first kappa shape index (κ1) is 17.3. The molecule has 1 aromatic carbocycles. The average molecular weight is 392 g/mol. The van der Waals surface area contributed by atoms with Crippen LogP contribution in [0.3, 0.4) is 0 Å². The van der Waals surface area contributed by atoms with E-state index >= 15 is 0 Å². The Hall–Kier alpha value is -2.54. The molecule has 0 saturated carbocycles. The van der Waals surface area contributed by atoms with Gasteiger partial charge in [-0.05, 0) is 43.2 Å². The number of aromatic amines is 1. The zero-order chi connectivity index (χ0) is 18.2. The van der Waals surface area contributed by atoms with E-state index in [2.05, 4.69) is 26.9 Å². The fourth-order valence-corrected chi connectivity index (χ4v) is 4.00. The zero-order valence-electron chi connectivity index (χ0n) is 12.4. The quantitative estimate of drug-likeness (QED) is 0.475. The lowest BCUT2D eigenvalue weighted by Gasteiger charge is -2.16. The van der Waals surface area contributed by atoms with Crippen molar-refractivity contribution >= 4 is 56.8 Å². The van der Waals surface area contributed by atoms with Gasteiger partial charge in [-0.15, -0.1) is 0 Å². The highest BCUT2D eigenvalue weighted by molar-refractivity contribution is 7.90. The molecule has 0 bridgehead atoms. The first-order valence-electron chi connectivity index (χ1n) is 6.80. The molecule has 1 aromatic heterocycles. The number of H-pyrrole nitrogens is 1. The molecule has 1 heterocycles. The van der Waals surface area contributed by atoms with Crippen LogP contribution in [0.4, 0.5) is 0 Å². The van der Waals surface area contributed by atoms with E-state index in [1.54, 1.807) is 18.2 Å². The number of rotatable bonds is 3. The van der Waals surface area contributed by atoms with E-state index in [9.17, 15) is 8.42 Å². The summed E-state index contributed by atoms with van der Waals surface area (Å²) < 4.78 is 31.3. The van der Waals surface area contributed by atoms with E-state index in [0.717, 1.165) is 0 Å². The van der Waals surface area contributed by atoms with Gasteiger partial charge in [-0.3, -0.25) is 10.1 Å². The first-order valence-corrected chi connectivity index (χ1v) is 9.06. The highest BCUT2D eigenvalue weighted by Crippen LogP contribution is 2.26. The Morgan fingerprint density at radius 1 is 1.36 bits per heavy atom. The SMILES string of the molecule is N#CC1=CC=C(NS(=O)(=O)c2c[nH]c3cc(Cl)ccc23)C(=N)/C1=N\S. The number of nitriles is 1. The van der Waals surface area contributed by atoms with Crippen LogP contribution in [0.15, 0.2) is 57.1 Å². The highest BCUT2D eigenvalue weighted by Gasteiger charge is 2.26. The van der Waals surface area contributed by atoms with Crippen LogP contribution in [0.1, 0.15) is 0 Å². The summed E-state index contributed by atoms with van der Waals surface area (Å²) in [5, 5.41) is 18.0. The fourth-order valence-electron chi connectivity index (χ4n) is 2.36. The number of thiol groups is 1. The van der Waals surface area contributed by atoms with Crippen LogP contribution >= 0.6 is 24.4 Å². The van der Waals surface area contributed by atoms with Crippen molar-refractivity contribution in [3.05, 3.63) is 52.8 Å². The standard InChI is InChI=1S/C15H10ClN5O2S2/c16-9-2-3-10-12(5-9)19-7-13(10)25(22,23)21-11-4-1-8(6-17)15(20-24)14(11)18/h1-5,7,18-19,21,24H/b18-14?,20-15-. The van der Waals surface area contributed by atoms with Gasteiger partial charge in [-0.25, -0.2) is 12.8 Å². The van der Waals surface area contributed by atoms with Crippen molar-refractivity contribution in [2.24, 2.45) is 4.40 Å². The molecule has 3 rings (SSSR count). The number of halogens is 1. The smallest absolute Gasteiger partial charge is 0.264 e. The predicted octanol–water partition coefficient (Wildman–Crippen LogP) is 2.75. The third-order valence-corrected chi connectivity index (χ3v) is 5.38. The Kier molecular flexibility index (Phi) is 4.43. The summed E-state index contributed by atoms with van der Waals surface area (Å²) in [7, 11) is -3.97. The monoisotopic (exact) mass is 391 g/mol. The molecule has 1 aliphatic carbocycles. The number of fused-ring (bicyclic) bond motifs is 1. The molecule has 7 nitrogen and oxygen atoms in total. The van der Waals surface area contributed by atoms with Gasteiger partial charge in [0, 0.05) is 22.1 Å². The van der Waals surface area contributed by atoms with Crippen LogP contribution in [0.5, 0.6) is 0 Å². The van der Waals surface area contributed by atoms with Crippen molar-refractivity contribution in [1.29, 1.82) is 10.7 Å². The van der Waals surface area contributed by atoms with Gasteiger partial charge in [0.05, 0.1) is 11.3 Å². The molecule has 3 N–H and O–H groups in total. The summed E-state index contributed by atoms with van der Waals surface area (Å²) in [4.78, 5) is 2.87. The molecule has 0 unspecified atom stereocenters. The van der Waals surface area contributed by atoms with Gasteiger partial charge >= 0.3 is 0 Å². The van der Waals surface area contributed by atoms with Crippen LogP contribution in [0.2, 0.25) is 5.02 Å². The van der Waals surface area contributed by atoms with E-state index in [4.69, 9.17) is 22.3 Å². The Balaban J connectivity index is 2.02. The topological polar surface area (TPSA) is 122 Å². The molecule has 0 spiro atoms. The van der Waals surface area contributed by atoms with Gasteiger partial charge < -0.3 is 4.98 Å². The molecule has 126 valence electrons. The Bertz CT molecular complexity index is 1140. The highest BCUT2D eigenvalue weighted by atomic mass is 35.5. The summed E-state index contributed by atoms with van der Waals surface area (Å²) in [6, 6.07) is 6.68. The molecule has 2 aromatic rings. The van der Waals surface area contributed by atoms with Crippen molar-refractivity contribution < 1.29 is 8.42 Å². The van der Waals surface area contributed by atoms with Crippen LogP contribution in [-0.4, -0.2) is 24.8 Å². The lowest BCUT2D eigenvalue weighted by molar-refractivity contribution is 0.590. The molecule has 0 atom stereocenters. The number of benzene rings is 1. The third kappa shape index (κ3) is 3.07. The molecular weight excluding hydrogens is 382 g/mol. The van der Waals surface area contributed by atoms with E-state index in [0.29, 0.717) is 15.9 Å². The molecule has 10 heteroatoms. The molecule has 0 amide bonds. The van der Waals surface area contributed by atoms with Crippen LogP contribution in [-0.2, 0) is 10.0 Å². The Labute approximate surface area is 153 Å². The molecule has 25 heavy (non-hydrogen) atoms. The summed E-state index contributed by atoms with van der Waals surface area (Å²) in [6.07, 6.45) is 4.06. The van der Waals surface area contributed by atoms with E-state index < -0.39 is 10.0 Å². The van der Waals surface area contributed by atoms with Gasteiger partial charge in [0.15, 0.2) is 0 Å².